The normalized spacial score (nSPS) is 12.6. The van der Waals surface area contributed by atoms with Crippen molar-refractivity contribution in [1.29, 1.82) is 0 Å². The monoisotopic (exact) mass is 456 g/mol. The first-order valence-electron chi connectivity index (χ1n) is 8.66. The van der Waals surface area contributed by atoms with Gasteiger partial charge in [-0.3, -0.25) is 19.3 Å². The van der Waals surface area contributed by atoms with Crippen LogP contribution in [0.4, 0.5) is 5.69 Å². The van der Waals surface area contributed by atoms with Gasteiger partial charge in [0.15, 0.2) is 6.61 Å². The molecule has 0 fully saturated rings. The Morgan fingerprint density at radius 2 is 1.86 bits per heavy atom. The average molecular weight is 457 g/mol. The summed E-state index contributed by atoms with van der Waals surface area (Å²) in [6.45, 7) is 5.03. The van der Waals surface area contributed by atoms with Gasteiger partial charge in [0.25, 0.3) is 17.7 Å². The summed E-state index contributed by atoms with van der Waals surface area (Å²) in [5.41, 5.74) is 2.00. The third kappa shape index (κ3) is 4.27. The highest BCUT2D eigenvalue weighted by atomic mass is 79.9. The third-order valence-electron chi connectivity index (χ3n) is 4.25. The maximum absolute atomic E-state index is 12.3. The van der Waals surface area contributed by atoms with E-state index < -0.39 is 30.3 Å². The number of carbonyl (C=O) groups is 4. The second-order valence-corrected chi connectivity index (χ2v) is 7.23. The zero-order valence-electron chi connectivity index (χ0n) is 15.5. The number of nitrogens with one attached hydrogen (secondary N) is 1. The highest BCUT2D eigenvalue weighted by molar-refractivity contribution is 9.10. The van der Waals surface area contributed by atoms with Gasteiger partial charge < -0.3 is 10.1 Å². The van der Waals surface area contributed by atoms with Crippen LogP contribution in [0.1, 0.15) is 36.6 Å². The SMILES string of the molecule is C=CCN1C(=O)c2ccc(C(=O)OCC(=O)Nc3ccc(C)cc3Br)cc2C1=O. The topological polar surface area (TPSA) is 92.8 Å². The Morgan fingerprint density at radius 3 is 2.55 bits per heavy atom. The van der Waals surface area contributed by atoms with Crippen LogP contribution < -0.4 is 5.32 Å². The molecule has 1 aliphatic rings. The number of hydrogen-bond acceptors (Lipinski definition) is 5. The molecule has 0 unspecified atom stereocenters. The summed E-state index contributed by atoms with van der Waals surface area (Å²) < 4.78 is 5.74. The van der Waals surface area contributed by atoms with E-state index >= 15 is 0 Å². The second-order valence-electron chi connectivity index (χ2n) is 6.38. The van der Waals surface area contributed by atoms with E-state index in [0.717, 1.165) is 10.5 Å². The lowest BCUT2D eigenvalue weighted by Gasteiger charge is -2.09. The highest BCUT2D eigenvalue weighted by Crippen LogP contribution is 2.25. The number of imide groups is 1. The lowest BCUT2D eigenvalue weighted by atomic mass is 10.1. The van der Waals surface area contributed by atoms with E-state index in [9.17, 15) is 19.2 Å². The van der Waals surface area contributed by atoms with Gasteiger partial charge in [-0.25, -0.2) is 4.79 Å². The number of hydrogen-bond donors (Lipinski definition) is 1. The van der Waals surface area contributed by atoms with E-state index in [1.807, 2.05) is 19.1 Å². The summed E-state index contributed by atoms with van der Waals surface area (Å²) in [6, 6.07) is 9.51. The van der Waals surface area contributed by atoms with Crippen LogP contribution in [0.25, 0.3) is 0 Å². The van der Waals surface area contributed by atoms with Gasteiger partial charge in [-0.2, -0.15) is 0 Å². The number of esters is 1. The molecule has 7 nitrogen and oxygen atoms in total. The number of carbonyl (C=O) groups excluding carboxylic acids is 4. The number of ether oxygens (including phenoxy) is 1. The molecule has 3 rings (SSSR count). The Balaban J connectivity index is 1.65. The Hall–Kier alpha value is -3.26. The number of rotatable bonds is 6. The number of amides is 3. The molecule has 3 amide bonds. The molecule has 148 valence electrons. The van der Waals surface area contributed by atoms with Crippen molar-refractivity contribution in [3.05, 3.63) is 75.8 Å². The van der Waals surface area contributed by atoms with Gasteiger partial charge >= 0.3 is 5.97 Å². The summed E-state index contributed by atoms with van der Waals surface area (Å²) in [7, 11) is 0. The van der Waals surface area contributed by atoms with Crippen LogP contribution in [-0.4, -0.2) is 41.7 Å². The Labute approximate surface area is 175 Å². The first-order valence-corrected chi connectivity index (χ1v) is 9.45. The van der Waals surface area contributed by atoms with Crippen molar-refractivity contribution < 1.29 is 23.9 Å². The van der Waals surface area contributed by atoms with E-state index in [2.05, 4.69) is 27.8 Å². The zero-order chi connectivity index (χ0) is 21.1. The fourth-order valence-electron chi connectivity index (χ4n) is 2.83. The van der Waals surface area contributed by atoms with Gasteiger partial charge in [0.05, 0.1) is 22.4 Å². The van der Waals surface area contributed by atoms with Gasteiger partial charge in [0.1, 0.15) is 0 Å². The number of fused-ring (bicyclic) bond motifs is 1. The van der Waals surface area contributed by atoms with Crippen LogP contribution >= 0.6 is 15.9 Å². The predicted octanol–water partition coefficient (Wildman–Crippen LogP) is 3.34. The molecule has 29 heavy (non-hydrogen) atoms. The quantitative estimate of drug-likeness (QED) is 0.408. The van der Waals surface area contributed by atoms with Gasteiger partial charge in [-0.15, -0.1) is 6.58 Å². The van der Waals surface area contributed by atoms with Gasteiger partial charge in [-0.1, -0.05) is 12.1 Å². The van der Waals surface area contributed by atoms with Crippen molar-refractivity contribution in [2.75, 3.05) is 18.5 Å². The molecule has 1 aliphatic heterocycles. The van der Waals surface area contributed by atoms with Crippen molar-refractivity contribution in [1.82, 2.24) is 4.90 Å². The molecule has 2 aromatic carbocycles. The standard InChI is InChI=1S/C21H17BrN2O5/c1-3-8-24-19(26)14-6-5-13(10-15(14)20(24)27)21(28)29-11-18(25)23-17-7-4-12(2)9-16(17)22/h3-7,9-10H,1,8,11H2,2H3,(H,23,25). The molecule has 0 aromatic heterocycles. The van der Waals surface area contributed by atoms with Crippen molar-refractivity contribution in [3.8, 4) is 0 Å². The minimum absolute atomic E-state index is 0.0784. The van der Waals surface area contributed by atoms with Crippen molar-refractivity contribution >= 4 is 45.3 Å². The van der Waals surface area contributed by atoms with Crippen LogP contribution in [0.5, 0.6) is 0 Å². The first-order chi connectivity index (χ1) is 13.8. The number of benzene rings is 2. The molecule has 1 N–H and O–H groups in total. The highest BCUT2D eigenvalue weighted by Gasteiger charge is 2.35. The Kier molecular flexibility index (Phi) is 5.93. The van der Waals surface area contributed by atoms with E-state index in [4.69, 9.17) is 4.74 Å². The summed E-state index contributed by atoms with van der Waals surface area (Å²) in [5.74, 6) is -2.21. The van der Waals surface area contributed by atoms with E-state index in [0.29, 0.717) is 10.2 Å². The lowest BCUT2D eigenvalue weighted by Crippen LogP contribution is -2.29. The summed E-state index contributed by atoms with van der Waals surface area (Å²) >= 11 is 3.36. The van der Waals surface area contributed by atoms with Crippen molar-refractivity contribution in [3.63, 3.8) is 0 Å². The van der Waals surface area contributed by atoms with E-state index in [1.165, 1.54) is 24.3 Å². The van der Waals surface area contributed by atoms with Crippen LogP contribution in [0.3, 0.4) is 0 Å². The second kappa shape index (κ2) is 8.40. The van der Waals surface area contributed by atoms with Gasteiger partial charge in [0, 0.05) is 11.0 Å². The minimum Gasteiger partial charge on any atom is -0.452 e. The largest absolute Gasteiger partial charge is 0.452 e. The maximum atomic E-state index is 12.3. The molecule has 8 heteroatoms. The zero-order valence-corrected chi connectivity index (χ0v) is 17.1. The van der Waals surface area contributed by atoms with Gasteiger partial charge in [-0.05, 0) is 58.7 Å². The van der Waals surface area contributed by atoms with Crippen LogP contribution in [0.2, 0.25) is 0 Å². The van der Waals surface area contributed by atoms with Gasteiger partial charge in [0.2, 0.25) is 0 Å². The van der Waals surface area contributed by atoms with Crippen molar-refractivity contribution in [2.45, 2.75) is 6.92 Å². The Bertz CT molecular complexity index is 1050. The maximum Gasteiger partial charge on any atom is 0.338 e. The smallest absolute Gasteiger partial charge is 0.338 e. The molecule has 0 saturated heterocycles. The Morgan fingerprint density at radius 1 is 1.14 bits per heavy atom. The van der Waals surface area contributed by atoms with Crippen LogP contribution in [0.15, 0.2) is 53.5 Å². The lowest BCUT2D eigenvalue weighted by molar-refractivity contribution is -0.119. The minimum atomic E-state index is -0.770. The third-order valence-corrected chi connectivity index (χ3v) is 4.91. The molecule has 2 aromatic rings. The molecule has 0 saturated carbocycles. The predicted molar refractivity (Wildman–Crippen MR) is 110 cm³/mol. The molecule has 1 heterocycles. The molecule has 0 radical (unpaired) electrons. The number of anilines is 1. The summed E-state index contributed by atoms with van der Waals surface area (Å²) in [5, 5.41) is 2.64. The fourth-order valence-corrected chi connectivity index (χ4v) is 3.43. The van der Waals surface area contributed by atoms with Crippen molar-refractivity contribution in [2.24, 2.45) is 0 Å². The number of nitrogens with zero attached hydrogens (tertiary/aromatic N) is 1. The average Bonchev–Trinajstić information content (AvgIpc) is 2.93. The summed E-state index contributed by atoms with van der Waals surface area (Å²) in [4.78, 5) is 49.9. The molecule has 0 atom stereocenters. The number of halogens is 1. The molecular formula is C21H17BrN2O5. The van der Waals surface area contributed by atoms with E-state index in [1.54, 1.807) is 6.07 Å². The van der Waals surface area contributed by atoms with Crippen LogP contribution in [0, 0.1) is 6.92 Å². The van der Waals surface area contributed by atoms with Crippen LogP contribution in [-0.2, 0) is 9.53 Å². The summed E-state index contributed by atoms with van der Waals surface area (Å²) in [6.07, 6.45) is 1.45. The molecular weight excluding hydrogens is 440 g/mol. The molecule has 0 aliphatic carbocycles. The fraction of sp³-hybridized carbons (Fsp3) is 0.143. The first kappa shape index (κ1) is 20.5. The number of aryl methyl sites for hydroxylation is 1. The molecule has 0 bridgehead atoms. The van der Waals surface area contributed by atoms with E-state index in [-0.39, 0.29) is 23.2 Å². The molecule has 0 spiro atoms.